The molecule has 44 heavy (non-hydrogen) atoms. The molecule has 1 fully saturated rings. The van der Waals surface area contributed by atoms with E-state index in [-0.39, 0.29) is 11.8 Å². The highest BCUT2D eigenvalue weighted by Gasteiger charge is 2.53. The molecular weight excluding hydrogens is 556 g/mol. The fourth-order valence-electron chi connectivity index (χ4n) is 6.26. The van der Waals surface area contributed by atoms with Crippen molar-refractivity contribution < 1.29 is 23.9 Å². The number of urea groups is 1. The highest BCUT2D eigenvalue weighted by Crippen LogP contribution is 2.45. The van der Waals surface area contributed by atoms with Crippen LogP contribution in [0.25, 0.3) is 10.9 Å². The standard InChI is InChI=1S/C35H30N4O5/c1-43-25-16-10-21(11-17-25)20-36-33(40)22-12-14-24(15-13-22)38-34(41)30-19-28-27-8-3-4-9-29(27)37-31(28)32(39(30)35(38)42)23-6-5-7-26(18-23)44-2/h3-18,30,32,37H,19-20H2,1-2H3,(H,36,40)/t30-,32-/m0/s1. The van der Waals surface area contributed by atoms with E-state index in [0.717, 1.165) is 39.0 Å². The number of methoxy groups -OCH3 is 2. The second kappa shape index (κ2) is 10.9. The van der Waals surface area contributed by atoms with Gasteiger partial charge >= 0.3 is 6.03 Å². The fraction of sp³-hybridized carbons (Fsp3) is 0.171. The van der Waals surface area contributed by atoms with Crippen molar-refractivity contribution in [2.75, 3.05) is 19.1 Å². The largest absolute Gasteiger partial charge is 0.497 e. The maximum Gasteiger partial charge on any atom is 0.332 e. The molecule has 4 amide bonds. The summed E-state index contributed by atoms with van der Waals surface area (Å²) in [6.07, 6.45) is 0.396. The third-order valence-electron chi connectivity index (χ3n) is 8.46. The van der Waals surface area contributed by atoms with Gasteiger partial charge < -0.3 is 19.8 Å². The van der Waals surface area contributed by atoms with Gasteiger partial charge in [-0.3, -0.25) is 14.5 Å². The van der Waals surface area contributed by atoms with E-state index in [1.54, 1.807) is 43.4 Å². The highest BCUT2D eigenvalue weighted by molar-refractivity contribution is 6.22. The molecule has 0 aliphatic carbocycles. The number of rotatable bonds is 7. The van der Waals surface area contributed by atoms with Crippen LogP contribution in [0.15, 0.2) is 97.1 Å². The van der Waals surface area contributed by atoms with E-state index >= 15 is 0 Å². The van der Waals surface area contributed by atoms with Gasteiger partial charge in [-0.25, -0.2) is 9.69 Å². The molecule has 0 radical (unpaired) electrons. The van der Waals surface area contributed by atoms with Crippen molar-refractivity contribution in [3.63, 3.8) is 0 Å². The minimum Gasteiger partial charge on any atom is -0.497 e. The summed E-state index contributed by atoms with van der Waals surface area (Å²) in [5.74, 6) is 0.856. The first-order valence-electron chi connectivity index (χ1n) is 14.4. The van der Waals surface area contributed by atoms with Crippen LogP contribution >= 0.6 is 0 Å². The number of imide groups is 1. The van der Waals surface area contributed by atoms with Gasteiger partial charge in [0.1, 0.15) is 23.6 Å². The SMILES string of the molecule is COc1ccc(CNC(=O)c2ccc(N3C(=O)[C@@H]4Cc5c([nH]c6ccccc56)[C@H](c5cccc(OC)c5)N4C3=O)cc2)cc1. The molecule has 0 unspecified atom stereocenters. The van der Waals surface area contributed by atoms with Crippen LogP contribution in [0.5, 0.6) is 11.5 Å². The summed E-state index contributed by atoms with van der Waals surface area (Å²) in [7, 11) is 3.21. The monoisotopic (exact) mass is 586 g/mol. The molecule has 7 rings (SSSR count). The van der Waals surface area contributed by atoms with Crippen LogP contribution in [0.4, 0.5) is 10.5 Å². The molecule has 0 bridgehead atoms. The predicted molar refractivity (Wildman–Crippen MR) is 166 cm³/mol. The van der Waals surface area contributed by atoms with E-state index in [2.05, 4.69) is 10.3 Å². The van der Waals surface area contributed by atoms with Crippen molar-refractivity contribution in [3.8, 4) is 11.5 Å². The number of benzene rings is 4. The average molecular weight is 587 g/mol. The smallest absolute Gasteiger partial charge is 0.332 e. The number of carbonyl (C=O) groups excluding carboxylic acids is 3. The quantitative estimate of drug-likeness (QED) is 0.242. The number of anilines is 1. The van der Waals surface area contributed by atoms with Crippen LogP contribution in [0.2, 0.25) is 0 Å². The van der Waals surface area contributed by atoms with Crippen LogP contribution < -0.4 is 19.7 Å². The summed E-state index contributed by atoms with van der Waals surface area (Å²) in [6.45, 7) is 0.352. The Hall–Kier alpha value is -5.57. The van der Waals surface area contributed by atoms with Gasteiger partial charge in [-0.2, -0.15) is 0 Å². The van der Waals surface area contributed by atoms with Gasteiger partial charge in [0.2, 0.25) is 0 Å². The lowest BCUT2D eigenvalue weighted by Crippen LogP contribution is -2.44. The summed E-state index contributed by atoms with van der Waals surface area (Å²) in [5, 5.41) is 3.95. The van der Waals surface area contributed by atoms with E-state index in [4.69, 9.17) is 9.47 Å². The van der Waals surface area contributed by atoms with E-state index in [9.17, 15) is 14.4 Å². The number of aromatic amines is 1. The Bertz CT molecular complexity index is 1900. The Morgan fingerprint density at radius 3 is 2.39 bits per heavy atom. The number of nitrogens with one attached hydrogen (secondary N) is 2. The average Bonchev–Trinajstić information content (AvgIpc) is 3.56. The molecule has 2 aliphatic heterocycles. The van der Waals surface area contributed by atoms with E-state index in [1.165, 1.54) is 4.90 Å². The zero-order valence-corrected chi connectivity index (χ0v) is 24.2. The molecular formula is C35H30N4O5. The van der Waals surface area contributed by atoms with Crippen LogP contribution in [0.3, 0.4) is 0 Å². The highest BCUT2D eigenvalue weighted by atomic mass is 16.5. The van der Waals surface area contributed by atoms with Gasteiger partial charge in [-0.1, -0.05) is 42.5 Å². The predicted octanol–water partition coefficient (Wildman–Crippen LogP) is 5.60. The van der Waals surface area contributed by atoms with Gasteiger partial charge in [0.25, 0.3) is 11.8 Å². The fourth-order valence-corrected chi connectivity index (χ4v) is 6.26. The van der Waals surface area contributed by atoms with Crippen molar-refractivity contribution in [2.45, 2.75) is 25.0 Å². The molecule has 5 aromatic rings. The van der Waals surface area contributed by atoms with Crippen LogP contribution in [0.1, 0.15) is 38.8 Å². The van der Waals surface area contributed by atoms with Crippen molar-refractivity contribution in [1.29, 1.82) is 0 Å². The Morgan fingerprint density at radius 1 is 0.886 bits per heavy atom. The Balaban J connectivity index is 1.18. The second-order valence-electron chi connectivity index (χ2n) is 10.9. The normalized spacial score (nSPS) is 17.4. The molecule has 2 aliphatic rings. The molecule has 9 heteroatoms. The van der Waals surface area contributed by atoms with Gasteiger partial charge in [0.05, 0.1) is 19.9 Å². The van der Waals surface area contributed by atoms with E-state index in [0.29, 0.717) is 30.0 Å². The van der Waals surface area contributed by atoms with Crippen molar-refractivity contribution in [3.05, 3.63) is 125 Å². The van der Waals surface area contributed by atoms with Crippen LogP contribution in [-0.4, -0.2) is 48.0 Å². The van der Waals surface area contributed by atoms with E-state index < -0.39 is 18.1 Å². The lowest BCUT2D eigenvalue weighted by Gasteiger charge is -2.36. The first-order chi connectivity index (χ1) is 21.5. The molecule has 4 aromatic carbocycles. The summed E-state index contributed by atoms with van der Waals surface area (Å²) >= 11 is 0. The van der Waals surface area contributed by atoms with Gasteiger partial charge in [0, 0.05) is 35.1 Å². The number of para-hydroxylation sites is 1. The summed E-state index contributed by atoms with van der Waals surface area (Å²) in [6, 6.07) is 28.0. The Labute approximate surface area is 254 Å². The first-order valence-corrected chi connectivity index (χ1v) is 14.4. The molecule has 2 N–H and O–H groups in total. The molecule has 3 heterocycles. The van der Waals surface area contributed by atoms with Crippen LogP contribution in [-0.2, 0) is 17.8 Å². The third kappa shape index (κ3) is 4.53. The number of fused-ring (bicyclic) bond motifs is 4. The topological polar surface area (TPSA) is 104 Å². The number of hydrogen-bond acceptors (Lipinski definition) is 5. The molecule has 0 saturated carbocycles. The zero-order valence-electron chi connectivity index (χ0n) is 24.2. The van der Waals surface area contributed by atoms with Gasteiger partial charge in [0.15, 0.2) is 0 Å². The zero-order chi connectivity index (χ0) is 30.4. The number of amides is 4. The second-order valence-corrected chi connectivity index (χ2v) is 10.9. The minimum atomic E-state index is -0.683. The number of nitrogens with zero attached hydrogens (tertiary/aromatic N) is 2. The number of aromatic nitrogens is 1. The van der Waals surface area contributed by atoms with Crippen molar-refractivity contribution in [1.82, 2.24) is 15.2 Å². The van der Waals surface area contributed by atoms with E-state index in [1.807, 2.05) is 72.8 Å². The molecule has 220 valence electrons. The molecule has 1 aromatic heterocycles. The summed E-state index contributed by atoms with van der Waals surface area (Å²) in [4.78, 5) is 47.4. The maximum absolute atomic E-state index is 14.1. The number of hydrogen-bond donors (Lipinski definition) is 2. The summed E-state index contributed by atoms with van der Waals surface area (Å²) < 4.78 is 10.7. The van der Waals surface area contributed by atoms with Crippen LogP contribution in [0, 0.1) is 0 Å². The molecule has 1 saturated heterocycles. The minimum absolute atomic E-state index is 0.257. The number of carbonyl (C=O) groups is 3. The Kier molecular flexibility index (Phi) is 6.77. The molecule has 2 atom stereocenters. The molecule has 9 nitrogen and oxygen atoms in total. The lowest BCUT2D eigenvalue weighted by molar-refractivity contribution is -0.120. The first kappa shape index (κ1) is 27.3. The third-order valence-corrected chi connectivity index (χ3v) is 8.46. The van der Waals surface area contributed by atoms with Crippen molar-refractivity contribution >= 4 is 34.4 Å². The number of H-pyrrole nitrogens is 1. The Morgan fingerprint density at radius 2 is 1.64 bits per heavy atom. The van der Waals surface area contributed by atoms with Gasteiger partial charge in [-0.05, 0) is 71.3 Å². The number of ether oxygens (including phenoxy) is 2. The lowest BCUT2D eigenvalue weighted by atomic mass is 9.89. The van der Waals surface area contributed by atoms with Gasteiger partial charge in [-0.15, -0.1) is 0 Å². The summed E-state index contributed by atoms with van der Waals surface area (Å²) in [5.41, 5.74) is 5.50. The maximum atomic E-state index is 14.1. The molecule has 0 spiro atoms. The van der Waals surface area contributed by atoms with Crippen molar-refractivity contribution in [2.24, 2.45) is 0 Å².